The molecule has 1 amide bonds. The van der Waals surface area contributed by atoms with Gasteiger partial charge in [0.25, 0.3) is 5.91 Å². The van der Waals surface area contributed by atoms with Gasteiger partial charge in [0.2, 0.25) is 21.8 Å². The number of carbonyl (C=O) groups excluding carboxylic acids is 1. The zero-order chi connectivity index (χ0) is 22.9. The Morgan fingerprint density at radius 3 is 2.53 bits per heavy atom. The number of morpholine rings is 1. The second-order valence-corrected chi connectivity index (χ2v) is 10.8. The highest BCUT2D eigenvalue weighted by molar-refractivity contribution is 7.89. The molecule has 9 nitrogen and oxygen atoms in total. The van der Waals surface area contributed by atoms with E-state index in [0.29, 0.717) is 30.6 Å². The van der Waals surface area contributed by atoms with Gasteiger partial charge in [0, 0.05) is 42.4 Å². The number of ether oxygens (including phenoxy) is 1. The molecule has 1 aromatic carbocycles. The molecule has 3 heterocycles. The maximum Gasteiger partial charge on any atom is 0.254 e. The molecule has 2 aromatic heterocycles. The van der Waals surface area contributed by atoms with E-state index in [-0.39, 0.29) is 36.0 Å². The van der Waals surface area contributed by atoms with Gasteiger partial charge < -0.3 is 14.1 Å². The molecule has 0 saturated carbocycles. The molecular weight excluding hydrogens is 452 g/mol. The molecule has 0 aliphatic carbocycles. The summed E-state index contributed by atoms with van der Waals surface area (Å²) in [6.07, 6.45) is 0. The molecule has 0 atom stereocenters. The number of nitrogens with zero attached hydrogens (tertiary/aromatic N) is 4. The number of hydrogen-bond donors (Lipinski definition) is 0. The summed E-state index contributed by atoms with van der Waals surface area (Å²) in [5, 5.41) is 7.70. The van der Waals surface area contributed by atoms with Crippen molar-refractivity contribution in [2.45, 2.75) is 25.3 Å². The summed E-state index contributed by atoms with van der Waals surface area (Å²) in [5.41, 5.74) is 0.960. The average Bonchev–Trinajstić information content (AvgIpc) is 3.41. The summed E-state index contributed by atoms with van der Waals surface area (Å²) in [5.74, 6) is 0.383. The van der Waals surface area contributed by atoms with Crippen LogP contribution < -0.4 is 0 Å². The molecule has 1 aliphatic heterocycles. The van der Waals surface area contributed by atoms with Gasteiger partial charge in [-0.05, 0) is 42.8 Å². The van der Waals surface area contributed by atoms with Gasteiger partial charge >= 0.3 is 0 Å². The van der Waals surface area contributed by atoms with Crippen LogP contribution >= 0.6 is 11.3 Å². The number of benzene rings is 1. The predicted molar refractivity (Wildman–Crippen MR) is 119 cm³/mol. The van der Waals surface area contributed by atoms with Gasteiger partial charge in [-0.15, -0.1) is 21.5 Å². The van der Waals surface area contributed by atoms with Crippen molar-refractivity contribution >= 4 is 27.3 Å². The summed E-state index contributed by atoms with van der Waals surface area (Å²) in [6.45, 7) is 5.03. The van der Waals surface area contributed by atoms with Crippen LogP contribution in [0.25, 0.3) is 10.4 Å². The quantitative estimate of drug-likeness (QED) is 0.538. The van der Waals surface area contributed by atoms with E-state index >= 15 is 0 Å². The zero-order valence-electron chi connectivity index (χ0n) is 18.1. The molecule has 11 heteroatoms. The lowest BCUT2D eigenvalue weighted by Gasteiger charge is -2.26. The molecule has 1 aliphatic rings. The van der Waals surface area contributed by atoms with Gasteiger partial charge in [0.05, 0.1) is 24.7 Å². The normalized spacial score (nSPS) is 15.1. The van der Waals surface area contributed by atoms with Crippen LogP contribution in [0.1, 0.15) is 27.0 Å². The molecule has 0 unspecified atom stereocenters. The Balaban J connectivity index is 1.72. The van der Waals surface area contributed by atoms with Crippen LogP contribution in [-0.4, -0.2) is 67.1 Å². The lowest BCUT2D eigenvalue weighted by atomic mass is 10.1. The first-order chi connectivity index (χ1) is 15.2. The van der Waals surface area contributed by atoms with Gasteiger partial charge in [-0.3, -0.25) is 4.79 Å². The van der Waals surface area contributed by atoms with E-state index in [1.165, 1.54) is 15.3 Å². The van der Waals surface area contributed by atoms with Gasteiger partial charge in [-0.1, -0.05) is 0 Å². The van der Waals surface area contributed by atoms with Crippen molar-refractivity contribution in [1.82, 2.24) is 19.4 Å². The van der Waals surface area contributed by atoms with E-state index in [1.807, 2.05) is 19.1 Å². The Labute approximate surface area is 190 Å². The predicted octanol–water partition coefficient (Wildman–Crippen LogP) is 2.71. The standard InChI is InChI=1S/C21H24N4O5S2/c1-14-4-5-19(31-14)16-10-17(21(26)24(3)13-20-23-22-15(2)30-20)12-18(11-16)32(27,28)25-6-8-29-9-7-25/h4-5,10-12H,6-9,13H2,1-3H3. The summed E-state index contributed by atoms with van der Waals surface area (Å²) in [6, 6.07) is 8.69. The largest absolute Gasteiger partial charge is 0.424 e. The second kappa shape index (κ2) is 9.10. The minimum absolute atomic E-state index is 0.0911. The molecule has 0 radical (unpaired) electrons. The topological polar surface area (TPSA) is 106 Å². The van der Waals surface area contributed by atoms with Crippen molar-refractivity contribution in [3.05, 3.63) is 52.6 Å². The van der Waals surface area contributed by atoms with Crippen LogP contribution in [0, 0.1) is 13.8 Å². The highest BCUT2D eigenvalue weighted by Gasteiger charge is 2.28. The lowest BCUT2D eigenvalue weighted by molar-refractivity contribution is 0.0730. The second-order valence-electron chi connectivity index (χ2n) is 7.55. The van der Waals surface area contributed by atoms with E-state index < -0.39 is 10.0 Å². The maximum atomic E-state index is 13.3. The van der Waals surface area contributed by atoms with Crippen molar-refractivity contribution in [3.63, 3.8) is 0 Å². The summed E-state index contributed by atoms with van der Waals surface area (Å²) in [7, 11) is -2.17. The SMILES string of the molecule is Cc1nnc(CN(C)C(=O)c2cc(-c3ccc(C)s3)cc(S(=O)(=O)N3CCOCC3)c2)o1. The number of sulfonamides is 1. The molecular formula is C21H24N4O5S2. The third-order valence-corrected chi connectivity index (χ3v) is 8.00. The molecule has 0 bridgehead atoms. The molecule has 170 valence electrons. The van der Waals surface area contributed by atoms with Gasteiger partial charge in [0.1, 0.15) is 0 Å². The third kappa shape index (κ3) is 4.75. The Morgan fingerprint density at radius 1 is 1.16 bits per heavy atom. The van der Waals surface area contributed by atoms with Crippen LogP contribution in [0.5, 0.6) is 0 Å². The number of aryl methyl sites for hydroxylation is 2. The minimum Gasteiger partial charge on any atom is -0.424 e. The first-order valence-electron chi connectivity index (χ1n) is 10.1. The van der Waals surface area contributed by atoms with Crippen LogP contribution in [0.15, 0.2) is 39.6 Å². The van der Waals surface area contributed by atoms with Crippen molar-refractivity contribution in [2.24, 2.45) is 0 Å². The minimum atomic E-state index is -3.78. The summed E-state index contributed by atoms with van der Waals surface area (Å²) < 4.78 is 38.7. The molecule has 1 saturated heterocycles. The number of thiophene rings is 1. The van der Waals surface area contributed by atoms with Crippen LogP contribution in [0.4, 0.5) is 0 Å². The number of amides is 1. The van der Waals surface area contributed by atoms with Crippen LogP contribution in [-0.2, 0) is 21.3 Å². The Hall–Kier alpha value is -2.60. The average molecular weight is 477 g/mol. The van der Waals surface area contributed by atoms with Crippen molar-refractivity contribution in [1.29, 1.82) is 0 Å². The molecule has 1 fully saturated rings. The number of rotatable bonds is 6. The molecule has 4 rings (SSSR count). The highest BCUT2D eigenvalue weighted by atomic mass is 32.2. The van der Waals surface area contributed by atoms with Gasteiger partial charge in [0.15, 0.2) is 0 Å². The summed E-state index contributed by atoms with van der Waals surface area (Å²) in [4.78, 5) is 16.7. The maximum absolute atomic E-state index is 13.3. The number of carbonyl (C=O) groups is 1. The molecule has 0 spiro atoms. The highest BCUT2D eigenvalue weighted by Crippen LogP contribution is 2.32. The van der Waals surface area contributed by atoms with Crippen molar-refractivity contribution in [2.75, 3.05) is 33.4 Å². The number of aromatic nitrogens is 2. The number of hydrogen-bond acceptors (Lipinski definition) is 8. The smallest absolute Gasteiger partial charge is 0.254 e. The van der Waals surface area contributed by atoms with Gasteiger partial charge in [-0.2, -0.15) is 4.31 Å². The van der Waals surface area contributed by atoms with Crippen LogP contribution in [0.2, 0.25) is 0 Å². The van der Waals surface area contributed by atoms with Crippen LogP contribution in [0.3, 0.4) is 0 Å². The fourth-order valence-electron chi connectivity index (χ4n) is 3.44. The van der Waals surface area contributed by atoms with E-state index in [4.69, 9.17) is 9.15 Å². The monoisotopic (exact) mass is 476 g/mol. The van der Waals surface area contributed by atoms with E-state index in [2.05, 4.69) is 10.2 Å². The Morgan fingerprint density at radius 2 is 1.91 bits per heavy atom. The first kappa shape index (κ1) is 22.6. The zero-order valence-corrected chi connectivity index (χ0v) is 19.7. The Bertz CT molecular complexity index is 1230. The summed E-state index contributed by atoms with van der Waals surface area (Å²) >= 11 is 1.54. The molecule has 32 heavy (non-hydrogen) atoms. The fourth-order valence-corrected chi connectivity index (χ4v) is 5.77. The molecule has 3 aromatic rings. The lowest BCUT2D eigenvalue weighted by Crippen LogP contribution is -2.40. The van der Waals surface area contributed by atoms with E-state index in [0.717, 1.165) is 9.75 Å². The first-order valence-corrected chi connectivity index (χ1v) is 12.3. The molecule has 0 N–H and O–H groups in total. The van der Waals surface area contributed by atoms with Crippen molar-refractivity contribution < 1.29 is 22.4 Å². The van der Waals surface area contributed by atoms with E-state index in [1.54, 1.807) is 37.4 Å². The fraction of sp³-hybridized carbons (Fsp3) is 0.381. The van der Waals surface area contributed by atoms with Crippen molar-refractivity contribution in [3.8, 4) is 10.4 Å². The van der Waals surface area contributed by atoms with Gasteiger partial charge in [-0.25, -0.2) is 8.42 Å². The van der Waals surface area contributed by atoms with E-state index in [9.17, 15) is 13.2 Å². The third-order valence-electron chi connectivity index (χ3n) is 5.07. The Kier molecular flexibility index (Phi) is 6.42.